The van der Waals surface area contributed by atoms with Crippen LogP contribution in [0.3, 0.4) is 0 Å². The standard InChI is InChI=1S/C23H39N3O4/c1-18-10-15-25(23(18)30)13-4-3-5-14-26-17-20(16-22(26)29)21(28)9-7-12-24-11-6-8-19(2)27/h18,20,24H,3-17H2,1-2H3. The predicted octanol–water partition coefficient (Wildman–Crippen LogP) is 2.18. The van der Waals surface area contributed by atoms with E-state index in [1.165, 1.54) is 0 Å². The Balaban J connectivity index is 1.52. The van der Waals surface area contributed by atoms with E-state index in [0.29, 0.717) is 32.4 Å². The van der Waals surface area contributed by atoms with Gasteiger partial charge >= 0.3 is 0 Å². The van der Waals surface area contributed by atoms with E-state index >= 15 is 0 Å². The summed E-state index contributed by atoms with van der Waals surface area (Å²) in [5.74, 6) is 0.788. The molecule has 7 nitrogen and oxygen atoms in total. The summed E-state index contributed by atoms with van der Waals surface area (Å²) in [6.45, 7) is 8.13. The van der Waals surface area contributed by atoms with Gasteiger partial charge in [0.15, 0.2) is 0 Å². The zero-order valence-electron chi connectivity index (χ0n) is 18.8. The van der Waals surface area contributed by atoms with Crippen molar-refractivity contribution < 1.29 is 19.2 Å². The number of carbonyl (C=O) groups excluding carboxylic acids is 4. The van der Waals surface area contributed by atoms with E-state index in [0.717, 1.165) is 64.7 Å². The van der Waals surface area contributed by atoms with Crippen molar-refractivity contribution in [1.29, 1.82) is 0 Å². The molecule has 2 aliphatic rings. The lowest BCUT2D eigenvalue weighted by Gasteiger charge is -2.18. The molecule has 170 valence electrons. The Hall–Kier alpha value is -1.76. The second kappa shape index (κ2) is 12.8. The summed E-state index contributed by atoms with van der Waals surface area (Å²) >= 11 is 0. The van der Waals surface area contributed by atoms with Crippen molar-refractivity contribution in [3.63, 3.8) is 0 Å². The van der Waals surface area contributed by atoms with Crippen LogP contribution in [-0.4, -0.2) is 72.4 Å². The third-order valence-corrected chi connectivity index (χ3v) is 6.25. The summed E-state index contributed by atoms with van der Waals surface area (Å²) in [5.41, 5.74) is 0. The minimum Gasteiger partial charge on any atom is -0.342 e. The minimum atomic E-state index is -0.154. The summed E-state index contributed by atoms with van der Waals surface area (Å²) in [6, 6.07) is 0. The fraction of sp³-hybridized carbons (Fsp3) is 0.826. The Morgan fingerprint density at radius 1 is 0.967 bits per heavy atom. The normalized spacial score (nSPS) is 21.7. The average molecular weight is 422 g/mol. The van der Waals surface area contributed by atoms with Crippen molar-refractivity contribution in [1.82, 2.24) is 15.1 Å². The van der Waals surface area contributed by atoms with Crippen LogP contribution in [0.15, 0.2) is 0 Å². The van der Waals surface area contributed by atoms with Crippen LogP contribution in [0.1, 0.15) is 71.6 Å². The number of hydrogen-bond donors (Lipinski definition) is 1. The van der Waals surface area contributed by atoms with Crippen molar-refractivity contribution >= 4 is 23.4 Å². The highest BCUT2D eigenvalue weighted by Gasteiger charge is 2.33. The second-order valence-electron chi connectivity index (χ2n) is 8.94. The van der Waals surface area contributed by atoms with Crippen LogP contribution >= 0.6 is 0 Å². The number of unbranched alkanes of at least 4 members (excludes halogenated alkanes) is 2. The van der Waals surface area contributed by atoms with Gasteiger partial charge in [-0.2, -0.15) is 0 Å². The maximum Gasteiger partial charge on any atom is 0.225 e. The largest absolute Gasteiger partial charge is 0.342 e. The monoisotopic (exact) mass is 421 g/mol. The van der Waals surface area contributed by atoms with Gasteiger partial charge in [-0.3, -0.25) is 14.4 Å². The lowest BCUT2D eigenvalue weighted by molar-refractivity contribution is -0.130. The molecule has 2 rings (SSSR count). The molecule has 0 aromatic rings. The van der Waals surface area contributed by atoms with Crippen molar-refractivity contribution in [3.05, 3.63) is 0 Å². The van der Waals surface area contributed by atoms with Gasteiger partial charge in [-0.1, -0.05) is 6.92 Å². The van der Waals surface area contributed by atoms with Crippen LogP contribution in [0.2, 0.25) is 0 Å². The third kappa shape index (κ3) is 8.17. The van der Waals surface area contributed by atoms with Crippen LogP contribution in [0, 0.1) is 11.8 Å². The van der Waals surface area contributed by atoms with Gasteiger partial charge in [0.1, 0.15) is 11.6 Å². The Labute approximate surface area is 180 Å². The van der Waals surface area contributed by atoms with E-state index < -0.39 is 0 Å². The van der Waals surface area contributed by atoms with Crippen molar-refractivity contribution in [3.8, 4) is 0 Å². The number of hydrogen-bond acceptors (Lipinski definition) is 5. The first-order chi connectivity index (χ1) is 14.4. The van der Waals surface area contributed by atoms with Gasteiger partial charge in [-0.05, 0) is 58.5 Å². The van der Waals surface area contributed by atoms with E-state index in [9.17, 15) is 19.2 Å². The topological polar surface area (TPSA) is 86.8 Å². The molecule has 1 N–H and O–H groups in total. The highest BCUT2D eigenvalue weighted by molar-refractivity contribution is 5.90. The number of Topliss-reactive ketones (excluding diaryl/α,β-unsaturated/α-hetero) is 2. The molecule has 2 unspecified atom stereocenters. The highest BCUT2D eigenvalue weighted by Crippen LogP contribution is 2.21. The molecular formula is C23H39N3O4. The van der Waals surface area contributed by atoms with Crippen LogP contribution in [-0.2, 0) is 19.2 Å². The molecule has 0 aromatic carbocycles. The second-order valence-corrected chi connectivity index (χ2v) is 8.94. The molecule has 2 aliphatic heterocycles. The number of nitrogens with zero attached hydrogens (tertiary/aromatic N) is 2. The lowest BCUT2D eigenvalue weighted by atomic mass is 9.99. The molecule has 2 heterocycles. The number of amides is 2. The number of carbonyl (C=O) groups is 4. The first-order valence-corrected chi connectivity index (χ1v) is 11.7. The smallest absolute Gasteiger partial charge is 0.225 e. The molecule has 0 aliphatic carbocycles. The van der Waals surface area contributed by atoms with Crippen molar-refractivity contribution in [2.24, 2.45) is 11.8 Å². The summed E-state index contributed by atoms with van der Waals surface area (Å²) in [4.78, 5) is 51.2. The molecule has 0 radical (unpaired) electrons. The van der Waals surface area contributed by atoms with E-state index in [1.54, 1.807) is 6.92 Å². The van der Waals surface area contributed by atoms with Gasteiger partial charge in [0.05, 0.1) is 0 Å². The average Bonchev–Trinajstić information content (AvgIpc) is 3.23. The molecule has 0 bridgehead atoms. The van der Waals surface area contributed by atoms with E-state index in [4.69, 9.17) is 0 Å². The van der Waals surface area contributed by atoms with Crippen molar-refractivity contribution in [2.45, 2.75) is 71.6 Å². The van der Waals surface area contributed by atoms with Gasteiger partial charge in [0.25, 0.3) is 0 Å². The molecular weight excluding hydrogens is 382 g/mol. The van der Waals surface area contributed by atoms with Crippen LogP contribution in [0.4, 0.5) is 0 Å². The summed E-state index contributed by atoms with van der Waals surface area (Å²) in [6.07, 6.45) is 6.93. The molecule has 7 heteroatoms. The first kappa shape index (κ1) is 24.5. The lowest BCUT2D eigenvalue weighted by Crippen LogP contribution is -2.29. The van der Waals surface area contributed by atoms with Gasteiger partial charge < -0.3 is 19.9 Å². The Morgan fingerprint density at radius 2 is 1.63 bits per heavy atom. The molecule has 2 amide bonds. The zero-order chi connectivity index (χ0) is 21.9. The number of rotatable bonds is 15. The van der Waals surface area contributed by atoms with Crippen LogP contribution < -0.4 is 5.32 Å². The summed E-state index contributed by atoms with van der Waals surface area (Å²) in [5, 5.41) is 3.26. The fourth-order valence-corrected chi connectivity index (χ4v) is 4.28. The quantitative estimate of drug-likeness (QED) is 0.410. The van der Waals surface area contributed by atoms with Crippen LogP contribution in [0.25, 0.3) is 0 Å². The van der Waals surface area contributed by atoms with Crippen LogP contribution in [0.5, 0.6) is 0 Å². The Morgan fingerprint density at radius 3 is 2.27 bits per heavy atom. The van der Waals surface area contributed by atoms with Gasteiger partial charge in [-0.15, -0.1) is 0 Å². The Bertz CT molecular complexity index is 607. The highest BCUT2D eigenvalue weighted by atomic mass is 16.2. The number of likely N-dealkylation sites (tertiary alicyclic amines) is 2. The number of nitrogens with one attached hydrogen (secondary N) is 1. The van der Waals surface area contributed by atoms with E-state index in [-0.39, 0.29) is 35.2 Å². The third-order valence-electron chi connectivity index (χ3n) is 6.25. The molecule has 30 heavy (non-hydrogen) atoms. The van der Waals surface area contributed by atoms with Crippen molar-refractivity contribution in [2.75, 3.05) is 39.3 Å². The molecule has 0 aromatic heterocycles. The molecule has 2 saturated heterocycles. The van der Waals surface area contributed by atoms with Gasteiger partial charge in [-0.25, -0.2) is 0 Å². The summed E-state index contributed by atoms with van der Waals surface area (Å²) in [7, 11) is 0. The fourth-order valence-electron chi connectivity index (χ4n) is 4.28. The minimum absolute atomic E-state index is 0.0965. The maximum absolute atomic E-state index is 12.4. The first-order valence-electron chi connectivity index (χ1n) is 11.7. The maximum atomic E-state index is 12.4. The molecule has 0 spiro atoms. The molecule has 2 fully saturated rings. The Kier molecular flexibility index (Phi) is 10.5. The SMILES string of the molecule is CC(=O)CCCNCCCC(=O)C1CC(=O)N(CCCCCN2CCC(C)C2=O)C1. The van der Waals surface area contributed by atoms with E-state index in [1.807, 2.05) is 16.7 Å². The van der Waals surface area contributed by atoms with Gasteiger partial charge in [0, 0.05) is 57.3 Å². The molecule has 0 saturated carbocycles. The summed E-state index contributed by atoms with van der Waals surface area (Å²) < 4.78 is 0. The number of ketones is 2. The van der Waals surface area contributed by atoms with E-state index in [2.05, 4.69) is 5.32 Å². The van der Waals surface area contributed by atoms with Gasteiger partial charge in [0.2, 0.25) is 11.8 Å². The predicted molar refractivity (Wildman–Crippen MR) is 116 cm³/mol. The zero-order valence-corrected chi connectivity index (χ0v) is 18.8. The molecule has 2 atom stereocenters.